The highest BCUT2D eigenvalue weighted by atomic mass is 35.5. The predicted molar refractivity (Wildman–Crippen MR) is 86.3 cm³/mol. The number of nitrogens with one attached hydrogen (secondary N) is 1. The highest BCUT2D eigenvalue weighted by Gasteiger charge is 2.38. The quantitative estimate of drug-likeness (QED) is 0.637. The first-order valence-corrected chi connectivity index (χ1v) is 8.42. The van der Waals surface area contributed by atoms with Crippen LogP contribution in [0.4, 0.5) is 13.2 Å². The maximum atomic E-state index is 13.1. The zero-order valence-electron chi connectivity index (χ0n) is 12.5. The molecule has 0 fully saturated rings. The summed E-state index contributed by atoms with van der Waals surface area (Å²) in [5, 5.41) is 3.00. The molecular weight excluding hydrogens is 363 g/mol. The van der Waals surface area contributed by atoms with Crippen molar-refractivity contribution in [2.75, 3.05) is 12.8 Å². The van der Waals surface area contributed by atoms with Gasteiger partial charge in [0, 0.05) is 17.8 Å². The van der Waals surface area contributed by atoms with E-state index in [0.29, 0.717) is 11.4 Å². The Hall–Kier alpha value is -1.80. The van der Waals surface area contributed by atoms with Crippen LogP contribution >= 0.6 is 23.4 Å². The Labute approximate surface area is 145 Å². The molecule has 0 radical (unpaired) electrons. The van der Waals surface area contributed by atoms with Crippen molar-refractivity contribution in [1.82, 2.24) is 15.3 Å². The summed E-state index contributed by atoms with van der Waals surface area (Å²) in [4.78, 5) is 19.2. The van der Waals surface area contributed by atoms with Gasteiger partial charge in [-0.3, -0.25) is 4.79 Å². The largest absolute Gasteiger partial charge is 0.434 e. The molecule has 0 unspecified atom stereocenters. The second-order valence-electron chi connectivity index (χ2n) is 4.75. The molecule has 1 aromatic heterocycles. The Morgan fingerprint density at radius 1 is 1.29 bits per heavy atom. The van der Waals surface area contributed by atoms with Crippen LogP contribution in [-0.2, 0) is 12.6 Å². The lowest BCUT2D eigenvalue weighted by atomic mass is 10.1. The summed E-state index contributed by atoms with van der Waals surface area (Å²) in [6, 6.07) is 6.98. The summed E-state index contributed by atoms with van der Waals surface area (Å²) in [6.45, 7) is 0.183. The normalized spacial score (nSPS) is 11.4. The molecule has 1 aromatic carbocycles. The molecule has 0 saturated heterocycles. The van der Waals surface area contributed by atoms with E-state index in [-0.39, 0.29) is 11.7 Å². The molecule has 0 aliphatic carbocycles. The number of nitrogens with zero attached hydrogens (tertiary/aromatic N) is 2. The molecule has 128 valence electrons. The number of amides is 1. The SMILES string of the molecule is CSc1ncc(C(=O)NCCc2ccc(Cl)cc2)c(C(F)(F)F)n1. The topological polar surface area (TPSA) is 54.9 Å². The molecule has 0 atom stereocenters. The van der Waals surface area contributed by atoms with Gasteiger partial charge in [-0.25, -0.2) is 9.97 Å². The minimum atomic E-state index is -4.73. The predicted octanol–water partition coefficient (Wildman–Crippen LogP) is 3.84. The summed E-state index contributed by atoms with van der Waals surface area (Å²) >= 11 is 6.74. The smallest absolute Gasteiger partial charge is 0.352 e. The summed E-state index contributed by atoms with van der Waals surface area (Å²) in [7, 11) is 0. The van der Waals surface area contributed by atoms with Crippen molar-refractivity contribution in [1.29, 1.82) is 0 Å². The Bertz CT molecular complexity index is 723. The molecule has 24 heavy (non-hydrogen) atoms. The van der Waals surface area contributed by atoms with Crippen molar-refractivity contribution in [2.45, 2.75) is 17.8 Å². The number of hydrogen-bond acceptors (Lipinski definition) is 4. The third kappa shape index (κ3) is 4.85. The average Bonchev–Trinajstić information content (AvgIpc) is 2.55. The molecule has 9 heteroatoms. The highest BCUT2D eigenvalue weighted by Crippen LogP contribution is 2.31. The fourth-order valence-corrected chi connectivity index (χ4v) is 2.38. The summed E-state index contributed by atoms with van der Waals surface area (Å²) in [5.74, 6) is -0.857. The molecule has 1 heterocycles. The van der Waals surface area contributed by atoms with Gasteiger partial charge in [-0.1, -0.05) is 35.5 Å². The van der Waals surface area contributed by atoms with Gasteiger partial charge >= 0.3 is 6.18 Å². The first kappa shape index (κ1) is 18.5. The van der Waals surface area contributed by atoms with Crippen LogP contribution in [0.2, 0.25) is 5.02 Å². The first-order valence-electron chi connectivity index (χ1n) is 6.82. The summed E-state index contributed by atoms with van der Waals surface area (Å²) in [6.07, 6.45) is -1.80. The fraction of sp³-hybridized carbons (Fsp3) is 0.267. The van der Waals surface area contributed by atoms with Crippen LogP contribution in [0.5, 0.6) is 0 Å². The standard InChI is InChI=1S/C15H13ClF3N3OS/c1-24-14-21-8-11(12(22-14)15(17,18)19)13(23)20-7-6-9-2-4-10(16)5-3-9/h2-5,8H,6-7H2,1H3,(H,20,23). The number of halogens is 4. The number of carbonyl (C=O) groups excluding carboxylic acids is 1. The summed E-state index contributed by atoms with van der Waals surface area (Å²) in [5.41, 5.74) is -0.910. The Kier molecular flexibility index (Phi) is 6.06. The van der Waals surface area contributed by atoms with E-state index in [2.05, 4.69) is 15.3 Å². The lowest BCUT2D eigenvalue weighted by Crippen LogP contribution is -2.29. The summed E-state index contributed by atoms with van der Waals surface area (Å²) < 4.78 is 39.2. The molecule has 0 saturated carbocycles. The molecular formula is C15H13ClF3N3OS. The zero-order chi connectivity index (χ0) is 17.7. The second-order valence-corrected chi connectivity index (χ2v) is 5.96. The minimum Gasteiger partial charge on any atom is -0.352 e. The zero-order valence-corrected chi connectivity index (χ0v) is 14.1. The maximum Gasteiger partial charge on any atom is 0.434 e. The van der Waals surface area contributed by atoms with Gasteiger partial charge in [0.25, 0.3) is 5.91 Å². The van der Waals surface area contributed by atoms with Gasteiger partial charge in [-0.2, -0.15) is 13.2 Å². The number of carbonyl (C=O) groups is 1. The second kappa shape index (κ2) is 7.85. The molecule has 0 bridgehead atoms. The maximum absolute atomic E-state index is 13.1. The number of alkyl halides is 3. The Balaban J connectivity index is 2.07. The molecule has 1 N–H and O–H groups in total. The van der Waals surface area contributed by atoms with Gasteiger partial charge in [0.1, 0.15) is 0 Å². The third-order valence-electron chi connectivity index (χ3n) is 3.07. The van der Waals surface area contributed by atoms with Crippen molar-refractivity contribution in [3.63, 3.8) is 0 Å². The van der Waals surface area contributed by atoms with Gasteiger partial charge in [0.15, 0.2) is 10.9 Å². The lowest BCUT2D eigenvalue weighted by Gasteiger charge is -2.12. The number of benzene rings is 1. The van der Waals surface area contributed by atoms with Gasteiger partial charge in [-0.05, 0) is 30.4 Å². The Morgan fingerprint density at radius 2 is 1.96 bits per heavy atom. The van der Waals surface area contributed by atoms with E-state index in [1.165, 1.54) is 0 Å². The third-order valence-corrected chi connectivity index (χ3v) is 3.89. The molecule has 1 amide bonds. The van der Waals surface area contributed by atoms with Crippen molar-refractivity contribution in [2.24, 2.45) is 0 Å². The molecule has 4 nitrogen and oxygen atoms in total. The molecule has 2 rings (SSSR count). The Morgan fingerprint density at radius 3 is 2.54 bits per heavy atom. The minimum absolute atomic E-state index is 0.0416. The van der Waals surface area contributed by atoms with E-state index < -0.39 is 23.3 Å². The van der Waals surface area contributed by atoms with E-state index in [1.54, 1.807) is 30.5 Å². The van der Waals surface area contributed by atoms with Crippen LogP contribution in [0.15, 0.2) is 35.6 Å². The van der Waals surface area contributed by atoms with Crippen molar-refractivity contribution >= 4 is 29.3 Å². The van der Waals surface area contributed by atoms with Crippen LogP contribution < -0.4 is 5.32 Å². The first-order chi connectivity index (χ1) is 11.3. The van der Waals surface area contributed by atoms with Gasteiger partial charge in [0.2, 0.25) is 0 Å². The van der Waals surface area contributed by atoms with E-state index in [1.807, 2.05) is 0 Å². The monoisotopic (exact) mass is 375 g/mol. The van der Waals surface area contributed by atoms with Crippen molar-refractivity contribution in [3.8, 4) is 0 Å². The number of thioether (sulfide) groups is 1. The van der Waals surface area contributed by atoms with Crippen LogP contribution in [0, 0.1) is 0 Å². The van der Waals surface area contributed by atoms with E-state index >= 15 is 0 Å². The van der Waals surface area contributed by atoms with Crippen molar-refractivity contribution < 1.29 is 18.0 Å². The van der Waals surface area contributed by atoms with E-state index in [0.717, 1.165) is 23.5 Å². The van der Waals surface area contributed by atoms with Crippen LogP contribution in [-0.4, -0.2) is 28.7 Å². The molecule has 0 aliphatic heterocycles. The van der Waals surface area contributed by atoms with Gasteiger partial charge in [0.05, 0.1) is 5.56 Å². The van der Waals surface area contributed by atoms with Crippen molar-refractivity contribution in [3.05, 3.63) is 52.3 Å². The molecule has 2 aromatic rings. The van der Waals surface area contributed by atoms with Crippen LogP contribution in [0.25, 0.3) is 0 Å². The lowest BCUT2D eigenvalue weighted by molar-refractivity contribution is -0.142. The van der Waals surface area contributed by atoms with E-state index in [4.69, 9.17) is 11.6 Å². The van der Waals surface area contributed by atoms with Gasteiger partial charge < -0.3 is 5.32 Å². The fourth-order valence-electron chi connectivity index (χ4n) is 1.91. The molecule has 0 aliphatic rings. The van der Waals surface area contributed by atoms with E-state index in [9.17, 15) is 18.0 Å². The average molecular weight is 376 g/mol. The number of aromatic nitrogens is 2. The van der Waals surface area contributed by atoms with Crippen LogP contribution in [0.3, 0.4) is 0 Å². The van der Waals surface area contributed by atoms with Crippen LogP contribution in [0.1, 0.15) is 21.6 Å². The number of hydrogen-bond donors (Lipinski definition) is 1. The molecule has 0 spiro atoms. The highest BCUT2D eigenvalue weighted by molar-refractivity contribution is 7.98. The number of rotatable bonds is 5. The van der Waals surface area contributed by atoms with Gasteiger partial charge in [-0.15, -0.1) is 0 Å².